The van der Waals surface area contributed by atoms with Crippen molar-refractivity contribution >= 4 is 5.69 Å². The molecule has 0 bridgehead atoms. The highest BCUT2D eigenvalue weighted by molar-refractivity contribution is 5.42. The second-order valence-corrected chi connectivity index (χ2v) is 3.48. The summed E-state index contributed by atoms with van der Waals surface area (Å²) in [6.07, 6.45) is 1.64. The zero-order valence-electron chi connectivity index (χ0n) is 9.36. The van der Waals surface area contributed by atoms with Crippen molar-refractivity contribution in [2.24, 2.45) is 0 Å². The van der Waals surface area contributed by atoms with Gasteiger partial charge in [-0.3, -0.25) is 0 Å². The van der Waals surface area contributed by atoms with Gasteiger partial charge < -0.3 is 10.1 Å². The van der Waals surface area contributed by atoms with Crippen molar-refractivity contribution < 1.29 is 4.74 Å². The van der Waals surface area contributed by atoms with Gasteiger partial charge >= 0.3 is 0 Å². The lowest BCUT2D eigenvalue weighted by atomic mass is 10.3. The third-order valence-corrected chi connectivity index (χ3v) is 1.80. The van der Waals surface area contributed by atoms with Crippen molar-refractivity contribution in [3.8, 4) is 6.07 Å². The second kappa shape index (κ2) is 6.59. The van der Waals surface area contributed by atoms with Crippen molar-refractivity contribution in [1.29, 1.82) is 5.26 Å². The maximum atomic E-state index is 8.57. The normalized spacial score (nSPS) is 9.50. The van der Waals surface area contributed by atoms with E-state index in [-0.39, 0.29) is 0 Å². The Morgan fingerprint density at radius 2 is 2.44 bits per heavy atom. The molecule has 1 aromatic heterocycles. The number of ether oxygens (including phenoxy) is 1. The van der Waals surface area contributed by atoms with Crippen molar-refractivity contribution in [3.05, 3.63) is 36.2 Å². The molecule has 1 N–H and O–H groups in total. The first-order chi connectivity index (χ1) is 7.72. The van der Waals surface area contributed by atoms with Gasteiger partial charge in [0, 0.05) is 6.54 Å². The van der Waals surface area contributed by atoms with E-state index in [0.717, 1.165) is 11.3 Å². The number of nitrogens with zero attached hydrogens (tertiary/aromatic N) is 2. The molecular formula is C12H15N3O. The summed E-state index contributed by atoms with van der Waals surface area (Å²) in [7, 11) is 0. The van der Waals surface area contributed by atoms with Crippen LogP contribution in [0.2, 0.25) is 0 Å². The molecule has 0 aromatic carbocycles. The van der Waals surface area contributed by atoms with Crippen LogP contribution in [0.1, 0.15) is 12.6 Å². The average Bonchev–Trinajstić information content (AvgIpc) is 2.29. The molecule has 0 amide bonds. The predicted molar refractivity (Wildman–Crippen MR) is 63.1 cm³/mol. The number of nitriles is 1. The summed E-state index contributed by atoms with van der Waals surface area (Å²) in [6.45, 7) is 7.59. The fourth-order valence-electron chi connectivity index (χ4n) is 1.08. The first-order valence-electron chi connectivity index (χ1n) is 5.04. The molecule has 0 aliphatic heterocycles. The van der Waals surface area contributed by atoms with Gasteiger partial charge in [-0.05, 0) is 19.1 Å². The SMILES string of the molecule is C=C(C)COCCNc1ccc(C#N)nc1. The molecule has 84 valence electrons. The van der Waals surface area contributed by atoms with E-state index < -0.39 is 0 Å². The predicted octanol–water partition coefficient (Wildman–Crippen LogP) is 1.96. The molecule has 0 unspecified atom stereocenters. The zero-order valence-corrected chi connectivity index (χ0v) is 9.36. The highest BCUT2D eigenvalue weighted by Crippen LogP contribution is 2.04. The van der Waals surface area contributed by atoms with Gasteiger partial charge in [-0.25, -0.2) is 4.98 Å². The van der Waals surface area contributed by atoms with Crippen LogP contribution >= 0.6 is 0 Å². The Morgan fingerprint density at radius 1 is 1.62 bits per heavy atom. The zero-order chi connectivity index (χ0) is 11.8. The van der Waals surface area contributed by atoms with E-state index in [1.165, 1.54) is 0 Å². The fraction of sp³-hybridized carbons (Fsp3) is 0.333. The summed E-state index contributed by atoms with van der Waals surface area (Å²) < 4.78 is 5.33. The monoisotopic (exact) mass is 217 g/mol. The lowest BCUT2D eigenvalue weighted by Gasteiger charge is -2.06. The molecule has 0 radical (unpaired) electrons. The molecule has 4 nitrogen and oxygen atoms in total. The summed E-state index contributed by atoms with van der Waals surface area (Å²) in [4.78, 5) is 3.95. The molecule has 0 fully saturated rings. The third kappa shape index (κ3) is 4.58. The van der Waals surface area contributed by atoms with Crippen LogP contribution < -0.4 is 5.32 Å². The number of anilines is 1. The van der Waals surface area contributed by atoms with Gasteiger partial charge in [-0.2, -0.15) is 5.26 Å². The number of hydrogen-bond donors (Lipinski definition) is 1. The fourth-order valence-corrected chi connectivity index (χ4v) is 1.08. The van der Waals surface area contributed by atoms with Gasteiger partial charge in [0.1, 0.15) is 11.8 Å². The Labute approximate surface area is 95.6 Å². The molecule has 0 saturated heterocycles. The van der Waals surface area contributed by atoms with Crippen molar-refractivity contribution in [2.75, 3.05) is 25.1 Å². The number of nitrogens with one attached hydrogen (secondary N) is 1. The summed E-state index contributed by atoms with van der Waals surface area (Å²) in [5, 5.41) is 11.7. The van der Waals surface area contributed by atoms with E-state index in [1.54, 1.807) is 12.3 Å². The standard InChI is InChI=1S/C12H15N3O/c1-10(2)9-16-6-5-14-12-4-3-11(7-13)15-8-12/h3-4,8,14H,1,5-6,9H2,2H3. The van der Waals surface area contributed by atoms with Crippen LogP contribution in [0.4, 0.5) is 5.69 Å². The van der Waals surface area contributed by atoms with Crippen LogP contribution in [0.25, 0.3) is 0 Å². The molecule has 0 aliphatic carbocycles. The van der Waals surface area contributed by atoms with E-state index in [1.807, 2.05) is 19.1 Å². The Balaban J connectivity index is 2.22. The van der Waals surface area contributed by atoms with Gasteiger partial charge in [0.25, 0.3) is 0 Å². The number of rotatable bonds is 6. The molecule has 0 spiro atoms. The molecule has 4 heteroatoms. The Hall–Kier alpha value is -1.86. The summed E-state index contributed by atoms with van der Waals surface area (Å²) >= 11 is 0. The first-order valence-corrected chi connectivity index (χ1v) is 5.04. The average molecular weight is 217 g/mol. The van der Waals surface area contributed by atoms with Gasteiger partial charge in [-0.15, -0.1) is 0 Å². The van der Waals surface area contributed by atoms with Crippen molar-refractivity contribution in [2.45, 2.75) is 6.92 Å². The molecule has 0 aliphatic rings. The first kappa shape index (κ1) is 12.2. The number of aromatic nitrogens is 1. The minimum Gasteiger partial charge on any atom is -0.381 e. The lowest BCUT2D eigenvalue weighted by Crippen LogP contribution is -2.10. The van der Waals surface area contributed by atoms with E-state index in [2.05, 4.69) is 16.9 Å². The highest BCUT2D eigenvalue weighted by atomic mass is 16.5. The summed E-state index contributed by atoms with van der Waals surface area (Å²) in [5.41, 5.74) is 2.32. The van der Waals surface area contributed by atoms with Gasteiger partial charge in [-0.1, -0.05) is 12.2 Å². The van der Waals surface area contributed by atoms with E-state index >= 15 is 0 Å². The molecule has 1 rings (SSSR count). The van der Waals surface area contributed by atoms with Gasteiger partial charge in [0.15, 0.2) is 0 Å². The van der Waals surface area contributed by atoms with Crippen LogP contribution in [-0.2, 0) is 4.74 Å². The number of pyridine rings is 1. The summed E-state index contributed by atoms with van der Waals surface area (Å²) in [6, 6.07) is 5.47. The lowest BCUT2D eigenvalue weighted by molar-refractivity contribution is 0.167. The topological polar surface area (TPSA) is 57.9 Å². The Morgan fingerprint density at radius 3 is 3.00 bits per heavy atom. The van der Waals surface area contributed by atoms with Crippen LogP contribution in [-0.4, -0.2) is 24.7 Å². The smallest absolute Gasteiger partial charge is 0.140 e. The van der Waals surface area contributed by atoms with Crippen LogP contribution in [0.15, 0.2) is 30.5 Å². The van der Waals surface area contributed by atoms with Gasteiger partial charge in [0.2, 0.25) is 0 Å². The maximum Gasteiger partial charge on any atom is 0.140 e. The minimum absolute atomic E-state index is 0.420. The quantitative estimate of drug-likeness (QED) is 0.584. The van der Waals surface area contributed by atoms with Crippen molar-refractivity contribution in [1.82, 2.24) is 4.98 Å². The largest absolute Gasteiger partial charge is 0.381 e. The maximum absolute atomic E-state index is 8.57. The third-order valence-electron chi connectivity index (χ3n) is 1.80. The molecule has 1 aromatic rings. The Bertz CT molecular complexity index is 378. The second-order valence-electron chi connectivity index (χ2n) is 3.48. The molecular weight excluding hydrogens is 202 g/mol. The van der Waals surface area contributed by atoms with Gasteiger partial charge in [0.05, 0.1) is 25.1 Å². The highest BCUT2D eigenvalue weighted by Gasteiger charge is 1.94. The number of hydrogen-bond acceptors (Lipinski definition) is 4. The van der Waals surface area contributed by atoms with Crippen LogP contribution in [0, 0.1) is 11.3 Å². The van der Waals surface area contributed by atoms with E-state index in [4.69, 9.17) is 10.00 Å². The molecule has 1 heterocycles. The van der Waals surface area contributed by atoms with Crippen LogP contribution in [0.3, 0.4) is 0 Å². The molecule has 0 atom stereocenters. The van der Waals surface area contributed by atoms with E-state index in [9.17, 15) is 0 Å². The van der Waals surface area contributed by atoms with Crippen molar-refractivity contribution in [3.63, 3.8) is 0 Å². The Kier molecular flexibility index (Phi) is 5.03. The minimum atomic E-state index is 0.420. The van der Waals surface area contributed by atoms with E-state index in [0.29, 0.717) is 25.5 Å². The summed E-state index contributed by atoms with van der Waals surface area (Å²) in [5.74, 6) is 0. The van der Waals surface area contributed by atoms with Crippen LogP contribution in [0.5, 0.6) is 0 Å². The molecule has 0 saturated carbocycles. The molecule has 16 heavy (non-hydrogen) atoms.